The summed E-state index contributed by atoms with van der Waals surface area (Å²) in [5.41, 5.74) is 8.17. The van der Waals surface area contributed by atoms with E-state index < -0.39 is 0 Å². The van der Waals surface area contributed by atoms with Gasteiger partial charge in [0.2, 0.25) is 11.9 Å². The third-order valence-corrected chi connectivity index (χ3v) is 6.63. The number of imidazole rings is 1. The number of nitrogens with one attached hydrogen (secondary N) is 1. The number of aromatic nitrogens is 4. The molecule has 5 rings (SSSR count). The Kier molecular flexibility index (Phi) is 6.61. The highest BCUT2D eigenvalue weighted by molar-refractivity contribution is 6.33. The van der Waals surface area contributed by atoms with Crippen molar-refractivity contribution < 1.29 is 9.18 Å². The molecule has 1 aliphatic heterocycles. The van der Waals surface area contributed by atoms with Gasteiger partial charge in [0.1, 0.15) is 17.2 Å². The molecule has 1 fully saturated rings. The van der Waals surface area contributed by atoms with Crippen molar-refractivity contribution in [2.75, 3.05) is 25.0 Å². The number of nitrogens with zero attached hydrogens (tertiary/aromatic N) is 5. The van der Waals surface area contributed by atoms with Crippen LogP contribution in [0.5, 0.6) is 0 Å². The Bertz CT molecular complexity index is 1370. The third kappa shape index (κ3) is 4.69. The molecule has 0 radical (unpaired) electrons. The Hall–Kier alpha value is -3.56. The first-order valence-corrected chi connectivity index (χ1v) is 11.9. The highest BCUT2D eigenvalue weighted by Gasteiger charge is 2.28. The predicted octanol–water partition coefficient (Wildman–Crippen LogP) is 4.02. The number of benzene rings is 2. The minimum Gasteiger partial charge on any atom is -0.350 e. The molecule has 3 heterocycles. The lowest BCUT2D eigenvalue weighted by molar-refractivity contribution is -0.130. The Morgan fingerprint density at radius 2 is 1.86 bits per heavy atom. The summed E-state index contributed by atoms with van der Waals surface area (Å²) in [6, 6.07) is 14.2. The maximum absolute atomic E-state index is 14.1. The number of anilines is 1. The number of hydrogen-bond donors (Lipinski definition) is 2. The van der Waals surface area contributed by atoms with Crippen LogP contribution in [0.2, 0.25) is 5.02 Å². The molecule has 0 spiro atoms. The molecule has 0 unspecified atom stereocenters. The Labute approximate surface area is 206 Å². The van der Waals surface area contributed by atoms with Crippen LogP contribution in [0.25, 0.3) is 22.6 Å². The van der Waals surface area contributed by atoms with Gasteiger partial charge in [-0.2, -0.15) is 4.98 Å². The number of rotatable bonds is 6. The van der Waals surface area contributed by atoms with Gasteiger partial charge in [0.25, 0.3) is 0 Å². The van der Waals surface area contributed by atoms with Gasteiger partial charge in [-0.15, -0.1) is 0 Å². The SMILES string of the molecule is NCC(=O)N1CCC(n2c(-c3ccccc3Cl)nc3cnc(NCc4ccccc4F)nc32)CC1. The lowest BCUT2D eigenvalue weighted by Gasteiger charge is -2.33. The van der Waals surface area contributed by atoms with Crippen molar-refractivity contribution in [3.63, 3.8) is 0 Å². The number of hydrogen-bond acceptors (Lipinski definition) is 6. The number of likely N-dealkylation sites (tertiary alicyclic amines) is 1. The van der Waals surface area contributed by atoms with Crippen molar-refractivity contribution in [3.05, 3.63) is 71.1 Å². The minimum atomic E-state index is -0.286. The lowest BCUT2D eigenvalue weighted by Crippen LogP contribution is -2.42. The largest absolute Gasteiger partial charge is 0.350 e. The molecule has 0 bridgehead atoms. The molecule has 0 atom stereocenters. The Balaban J connectivity index is 1.52. The van der Waals surface area contributed by atoms with Crippen LogP contribution >= 0.6 is 11.6 Å². The summed E-state index contributed by atoms with van der Waals surface area (Å²) in [6.07, 6.45) is 3.13. The lowest BCUT2D eigenvalue weighted by atomic mass is 10.0. The van der Waals surface area contributed by atoms with E-state index >= 15 is 0 Å². The van der Waals surface area contributed by atoms with E-state index in [1.807, 2.05) is 24.3 Å². The standard InChI is InChI=1S/C25H25ClFN7O/c26-19-7-3-2-6-18(19)23-31-21-15-30-25(29-14-16-5-1-4-8-20(16)27)32-24(21)34(23)17-9-11-33(12-10-17)22(35)13-28/h1-8,15,17H,9-14,28H2,(H,29,30,32). The normalized spacial score (nSPS) is 14.4. The molecule has 2 aromatic carbocycles. The molecule has 1 aliphatic rings. The fraction of sp³-hybridized carbons (Fsp3) is 0.280. The molecule has 8 nitrogen and oxygen atoms in total. The van der Waals surface area contributed by atoms with Gasteiger partial charge in [-0.25, -0.2) is 14.4 Å². The van der Waals surface area contributed by atoms with Crippen LogP contribution in [0.1, 0.15) is 24.4 Å². The summed E-state index contributed by atoms with van der Waals surface area (Å²) in [4.78, 5) is 27.8. The second-order valence-electron chi connectivity index (χ2n) is 8.45. The van der Waals surface area contributed by atoms with Gasteiger partial charge < -0.3 is 20.5 Å². The van der Waals surface area contributed by atoms with Crippen LogP contribution in [0.15, 0.2) is 54.7 Å². The smallest absolute Gasteiger partial charge is 0.236 e. The summed E-state index contributed by atoms with van der Waals surface area (Å²) < 4.78 is 16.1. The van der Waals surface area contributed by atoms with Crippen molar-refractivity contribution >= 4 is 34.6 Å². The third-order valence-electron chi connectivity index (χ3n) is 6.30. The molecular formula is C25H25ClFN7O. The zero-order valence-electron chi connectivity index (χ0n) is 19.0. The van der Waals surface area contributed by atoms with Crippen LogP contribution in [0.4, 0.5) is 10.3 Å². The number of nitrogens with two attached hydrogens (primary N) is 1. The van der Waals surface area contributed by atoms with E-state index in [4.69, 9.17) is 27.3 Å². The van der Waals surface area contributed by atoms with Crippen LogP contribution < -0.4 is 11.1 Å². The summed E-state index contributed by atoms with van der Waals surface area (Å²) in [5.74, 6) is 0.747. The molecule has 1 saturated heterocycles. The van der Waals surface area contributed by atoms with E-state index in [1.54, 1.807) is 29.3 Å². The molecule has 180 valence electrons. The molecular weight excluding hydrogens is 469 g/mol. The number of amides is 1. The maximum atomic E-state index is 14.1. The highest BCUT2D eigenvalue weighted by atomic mass is 35.5. The van der Waals surface area contributed by atoms with Crippen molar-refractivity contribution in [1.82, 2.24) is 24.4 Å². The second kappa shape index (κ2) is 9.97. The molecule has 35 heavy (non-hydrogen) atoms. The molecule has 0 saturated carbocycles. The van der Waals surface area contributed by atoms with Crippen molar-refractivity contribution in [1.29, 1.82) is 0 Å². The fourth-order valence-electron chi connectivity index (χ4n) is 4.47. The van der Waals surface area contributed by atoms with Crippen LogP contribution in [0, 0.1) is 5.82 Å². The average Bonchev–Trinajstić information content (AvgIpc) is 3.26. The zero-order valence-corrected chi connectivity index (χ0v) is 19.7. The van der Waals surface area contributed by atoms with Crippen molar-refractivity contribution in [2.45, 2.75) is 25.4 Å². The molecule has 2 aromatic heterocycles. The van der Waals surface area contributed by atoms with E-state index in [9.17, 15) is 9.18 Å². The van der Waals surface area contributed by atoms with Crippen molar-refractivity contribution in [2.24, 2.45) is 5.73 Å². The monoisotopic (exact) mass is 493 g/mol. The number of fused-ring (bicyclic) bond motifs is 1. The van der Waals surface area contributed by atoms with E-state index in [1.165, 1.54) is 6.07 Å². The van der Waals surface area contributed by atoms with Gasteiger partial charge in [0, 0.05) is 36.8 Å². The molecule has 1 amide bonds. The Morgan fingerprint density at radius 3 is 2.60 bits per heavy atom. The quantitative estimate of drug-likeness (QED) is 0.420. The van der Waals surface area contributed by atoms with Crippen LogP contribution in [-0.4, -0.2) is 50.0 Å². The van der Waals surface area contributed by atoms with Gasteiger partial charge in [0.05, 0.1) is 17.8 Å². The van der Waals surface area contributed by atoms with E-state index in [0.29, 0.717) is 46.6 Å². The summed E-state index contributed by atoms with van der Waals surface area (Å²) in [7, 11) is 0. The number of carbonyl (C=O) groups is 1. The summed E-state index contributed by atoms with van der Waals surface area (Å²) in [5, 5.41) is 3.71. The molecule has 4 aromatic rings. The zero-order chi connectivity index (χ0) is 24.4. The average molecular weight is 494 g/mol. The van der Waals surface area contributed by atoms with Crippen molar-refractivity contribution in [3.8, 4) is 11.4 Å². The first-order chi connectivity index (χ1) is 17.0. The molecule has 3 N–H and O–H groups in total. The molecule has 10 heteroatoms. The van der Waals surface area contributed by atoms with Gasteiger partial charge in [-0.05, 0) is 31.0 Å². The highest BCUT2D eigenvalue weighted by Crippen LogP contribution is 2.35. The van der Waals surface area contributed by atoms with Crippen LogP contribution in [-0.2, 0) is 11.3 Å². The van der Waals surface area contributed by atoms with E-state index in [-0.39, 0.29) is 30.9 Å². The Morgan fingerprint density at radius 1 is 1.11 bits per heavy atom. The number of piperidine rings is 1. The number of carbonyl (C=O) groups excluding carboxylic acids is 1. The van der Waals surface area contributed by atoms with Crippen LogP contribution in [0.3, 0.4) is 0 Å². The first kappa shape index (κ1) is 23.2. The van der Waals surface area contributed by atoms with Gasteiger partial charge >= 0.3 is 0 Å². The van der Waals surface area contributed by atoms with Gasteiger partial charge in [-0.3, -0.25) is 4.79 Å². The minimum absolute atomic E-state index is 0.00775. The second-order valence-corrected chi connectivity index (χ2v) is 8.86. The predicted molar refractivity (Wildman–Crippen MR) is 133 cm³/mol. The molecule has 0 aliphatic carbocycles. The number of halogens is 2. The fourth-order valence-corrected chi connectivity index (χ4v) is 4.69. The first-order valence-electron chi connectivity index (χ1n) is 11.5. The summed E-state index contributed by atoms with van der Waals surface area (Å²) in [6.45, 7) is 1.47. The van der Waals surface area contributed by atoms with E-state index in [0.717, 1.165) is 18.4 Å². The van der Waals surface area contributed by atoms with E-state index in [2.05, 4.69) is 14.9 Å². The van der Waals surface area contributed by atoms with Gasteiger partial charge in [0.15, 0.2) is 5.65 Å². The maximum Gasteiger partial charge on any atom is 0.236 e. The topological polar surface area (TPSA) is 102 Å². The van der Waals surface area contributed by atoms with Gasteiger partial charge in [-0.1, -0.05) is 41.9 Å². The summed E-state index contributed by atoms with van der Waals surface area (Å²) >= 11 is 6.54.